The molecular formula is C15H24N2O3S. The van der Waals surface area contributed by atoms with Gasteiger partial charge in [0, 0.05) is 19.6 Å². The predicted octanol–water partition coefficient (Wildman–Crippen LogP) is 1.46. The largest absolute Gasteiger partial charge is 0.497 e. The molecule has 0 radical (unpaired) electrons. The van der Waals surface area contributed by atoms with Crippen LogP contribution in [0.15, 0.2) is 24.3 Å². The van der Waals surface area contributed by atoms with E-state index < -0.39 is 10.0 Å². The van der Waals surface area contributed by atoms with Gasteiger partial charge in [-0.05, 0) is 43.0 Å². The Bertz CT molecular complexity index is 543. The summed E-state index contributed by atoms with van der Waals surface area (Å²) in [5, 5.41) is 3.42. The molecule has 1 saturated heterocycles. The van der Waals surface area contributed by atoms with Crippen molar-refractivity contribution in [2.45, 2.75) is 19.4 Å². The lowest BCUT2D eigenvalue weighted by Crippen LogP contribution is -2.42. The summed E-state index contributed by atoms with van der Waals surface area (Å²) in [6.07, 6.45) is 3.32. The van der Waals surface area contributed by atoms with E-state index in [0.29, 0.717) is 19.0 Å². The van der Waals surface area contributed by atoms with Crippen LogP contribution in [0.3, 0.4) is 0 Å². The van der Waals surface area contributed by atoms with Crippen LogP contribution in [-0.2, 0) is 16.6 Å². The zero-order valence-electron chi connectivity index (χ0n) is 12.7. The zero-order valence-corrected chi connectivity index (χ0v) is 13.5. The van der Waals surface area contributed by atoms with Crippen LogP contribution in [0, 0.1) is 5.92 Å². The third-order valence-electron chi connectivity index (χ3n) is 3.87. The molecule has 0 bridgehead atoms. The number of nitrogens with zero attached hydrogens (tertiary/aromatic N) is 1. The summed E-state index contributed by atoms with van der Waals surface area (Å²) in [5.74, 6) is 1.25. The molecule has 21 heavy (non-hydrogen) atoms. The molecular weight excluding hydrogens is 288 g/mol. The molecule has 0 saturated carbocycles. The molecule has 1 unspecified atom stereocenters. The van der Waals surface area contributed by atoms with E-state index in [2.05, 4.69) is 5.32 Å². The summed E-state index contributed by atoms with van der Waals surface area (Å²) in [6.45, 7) is 2.93. The molecule has 1 aliphatic rings. The standard InChI is InChI=1S/C15H24N2O3S/c1-20-15-7-5-13(6-8-15)10-16-11-14-4-3-9-17(12-14)21(2,18)19/h5-8,14,16H,3-4,9-12H2,1-2H3. The number of sulfonamides is 1. The fraction of sp³-hybridized carbons (Fsp3) is 0.600. The van der Waals surface area contributed by atoms with E-state index in [1.807, 2.05) is 24.3 Å². The first-order valence-corrected chi connectivity index (χ1v) is 9.12. The third-order valence-corrected chi connectivity index (χ3v) is 5.14. The van der Waals surface area contributed by atoms with Crippen LogP contribution in [0.1, 0.15) is 18.4 Å². The minimum absolute atomic E-state index is 0.395. The molecule has 6 heteroatoms. The van der Waals surface area contributed by atoms with E-state index in [-0.39, 0.29) is 0 Å². The minimum atomic E-state index is -3.05. The normalized spacial score (nSPS) is 20.4. The molecule has 1 aromatic carbocycles. The van der Waals surface area contributed by atoms with Gasteiger partial charge in [0.2, 0.25) is 10.0 Å². The quantitative estimate of drug-likeness (QED) is 0.864. The van der Waals surface area contributed by atoms with Crippen molar-refractivity contribution in [3.8, 4) is 5.75 Å². The molecule has 1 aromatic rings. The molecule has 1 aliphatic heterocycles. The average molecular weight is 312 g/mol. The molecule has 5 nitrogen and oxygen atoms in total. The summed E-state index contributed by atoms with van der Waals surface area (Å²) in [6, 6.07) is 7.97. The molecule has 2 rings (SSSR count). The second-order valence-corrected chi connectivity index (χ2v) is 7.59. The highest BCUT2D eigenvalue weighted by Crippen LogP contribution is 2.18. The van der Waals surface area contributed by atoms with Crippen molar-refractivity contribution >= 4 is 10.0 Å². The van der Waals surface area contributed by atoms with Crippen LogP contribution in [0.25, 0.3) is 0 Å². The van der Waals surface area contributed by atoms with Crippen molar-refractivity contribution in [1.82, 2.24) is 9.62 Å². The van der Waals surface area contributed by atoms with Gasteiger partial charge < -0.3 is 10.1 Å². The van der Waals surface area contributed by atoms with E-state index in [0.717, 1.165) is 31.7 Å². The molecule has 1 heterocycles. The highest BCUT2D eigenvalue weighted by atomic mass is 32.2. The Kier molecular flexibility index (Phi) is 5.61. The highest BCUT2D eigenvalue weighted by Gasteiger charge is 2.25. The first-order valence-electron chi connectivity index (χ1n) is 7.28. The van der Waals surface area contributed by atoms with Gasteiger partial charge >= 0.3 is 0 Å². The van der Waals surface area contributed by atoms with Crippen LogP contribution in [0.5, 0.6) is 5.75 Å². The number of piperidine rings is 1. The van der Waals surface area contributed by atoms with Crippen molar-refractivity contribution in [3.05, 3.63) is 29.8 Å². The van der Waals surface area contributed by atoms with Gasteiger partial charge in [-0.15, -0.1) is 0 Å². The second-order valence-electron chi connectivity index (χ2n) is 5.61. The number of rotatable bonds is 6. The van der Waals surface area contributed by atoms with Gasteiger partial charge in [-0.2, -0.15) is 0 Å². The van der Waals surface area contributed by atoms with Crippen molar-refractivity contribution in [2.24, 2.45) is 5.92 Å². The highest BCUT2D eigenvalue weighted by molar-refractivity contribution is 7.88. The molecule has 0 aliphatic carbocycles. The van der Waals surface area contributed by atoms with Gasteiger partial charge in [-0.1, -0.05) is 12.1 Å². The Labute approximate surface area is 127 Å². The van der Waals surface area contributed by atoms with Crippen molar-refractivity contribution in [2.75, 3.05) is 33.0 Å². The Morgan fingerprint density at radius 2 is 2.05 bits per heavy atom. The maximum Gasteiger partial charge on any atom is 0.211 e. The summed E-state index contributed by atoms with van der Waals surface area (Å²) >= 11 is 0. The molecule has 0 spiro atoms. The number of nitrogens with one attached hydrogen (secondary N) is 1. The number of methoxy groups -OCH3 is 1. The first-order chi connectivity index (χ1) is 9.99. The number of hydrogen-bond acceptors (Lipinski definition) is 4. The molecule has 1 fully saturated rings. The van der Waals surface area contributed by atoms with Crippen LogP contribution in [0.4, 0.5) is 0 Å². The number of benzene rings is 1. The first kappa shape index (κ1) is 16.3. The van der Waals surface area contributed by atoms with Gasteiger partial charge in [0.25, 0.3) is 0 Å². The predicted molar refractivity (Wildman–Crippen MR) is 83.8 cm³/mol. The summed E-state index contributed by atoms with van der Waals surface area (Å²) < 4.78 is 29.9. The Morgan fingerprint density at radius 1 is 1.33 bits per heavy atom. The SMILES string of the molecule is COc1ccc(CNCC2CCCN(S(C)(=O)=O)C2)cc1. The lowest BCUT2D eigenvalue weighted by Gasteiger charge is -2.31. The monoisotopic (exact) mass is 312 g/mol. The fourth-order valence-electron chi connectivity index (χ4n) is 2.66. The van der Waals surface area contributed by atoms with Gasteiger partial charge in [-0.25, -0.2) is 12.7 Å². The number of ether oxygens (including phenoxy) is 1. The van der Waals surface area contributed by atoms with E-state index in [4.69, 9.17) is 4.74 Å². The molecule has 0 aromatic heterocycles. The second kappa shape index (κ2) is 7.24. The third kappa shape index (κ3) is 4.98. The topological polar surface area (TPSA) is 58.6 Å². The number of hydrogen-bond donors (Lipinski definition) is 1. The summed E-state index contributed by atoms with van der Waals surface area (Å²) in [4.78, 5) is 0. The van der Waals surface area contributed by atoms with Crippen LogP contribution in [-0.4, -0.2) is 45.7 Å². The van der Waals surface area contributed by atoms with Crippen molar-refractivity contribution in [1.29, 1.82) is 0 Å². The maximum absolute atomic E-state index is 11.6. The van der Waals surface area contributed by atoms with Gasteiger partial charge in [0.1, 0.15) is 5.75 Å². The maximum atomic E-state index is 11.6. The average Bonchev–Trinajstić information content (AvgIpc) is 2.47. The van der Waals surface area contributed by atoms with E-state index in [9.17, 15) is 8.42 Å². The van der Waals surface area contributed by atoms with Crippen LogP contribution < -0.4 is 10.1 Å². The molecule has 1 N–H and O–H groups in total. The van der Waals surface area contributed by atoms with Gasteiger partial charge in [-0.3, -0.25) is 0 Å². The van der Waals surface area contributed by atoms with Crippen LogP contribution >= 0.6 is 0 Å². The Balaban J connectivity index is 1.77. The Hall–Kier alpha value is -1.11. The lowest BCUT2D eigenvalue weighted by atomic mass is 9.99. The van der Waals surface area contributed by atoms with Crippen LogP contribution in [0.2, 0.25) is 0 Å². The van der Waals surface area contributed by atoms with E-state index in [1.165, 1.54) is 11.8 Å². The lowest BCUT2D eigenvalue weighted by molar-refractivity contribution is 0.261. The molecule has 1 atom stereocenters. The minimum Gasteiger partial charge on any atom is -0.497 e. The molecule has 0 amide bonds. The van der Waals surface area contributed by atoms with E-state index in [1.54, 1.807) is 11.4 Å². The summed E-state index contributed by atoms with van der Waals surface area (Å²) in [7, 11) is -1.40. The van der Waals surface area contributed by atoms with Gasteiger partial charge in [0.15, 0.2) is 0 Å². The van der Waals surface area contributed by atoms with E-state index >= 15 is 0 Å². The van der Waals surface area contributed by atoms with Crippen molar-refractivity contribution in [3.63, 3.8) is 0 Å². The zero-order chi connectivity index (χ0) is 15.3. The Morgan fingerprint density at radius 3 is 2.67 bits per heavy atom. The smallest absolute Gasteiger partial charge is 0.211 e. The fourth-order valence-corrected chi connectivity index (χ4v) is 3.60. The van der Waals surface area contributed by atoms with Crippen molar-refractivity contribution < 1.29 is 13.2 Å². The van der Waals surface area contributed by atoms with Gasteiger partial charge in [0.05, 0.1) is 13.4 Å². The molecule has 118 valence electrons. The summed E-state index contributed by atoms with van der Waals surface area (Å²) in [5.41, 5.74) is 1.20.